The Labute approximate surface area is 70.5 Å². The zero-order chi connectivity index (χ0) is 9.14. The van der Waals surface area contributed by atoms with Crippen molar-refractivity contribution in [2.75, 3.05) is 13.2 Å². The minimum atomic E-state index is -1.07. The molecular formula is C7H14O5. The topological polar surface area (TPSA) is 79.2 Å². The van der Waals surface area contributed by atoms with Crippen LogP contribution in [0.2, 0.25) is 0 Å². The van der Waals surface area contributed by atoms with Crippen LogP contribution >= 0.6 is 0 Å². The molecule has 4 atom stereocenters. The summed E-state index contributed by atoms with van der Waals surface area (Å²) >= 11 is 0. The SMILES string of the molecule is CCO[C@H]1O[C@H](CO)[C@@H](O)[C@@H]1O. The predicted octanol–water partition coefficient (Wildman–Crippen LogP) is -1.54. The zero-order valence-electron chi connectivity index (χ0n) is 6.88. The van der Waals surface area contributed by atoms with E-state index in [0.29, 0.717) is 6.61 Å². The molecule has 1 aliphatic rings. The fourth-order valence-electron chi connectivity index (χ4n) is 1.17. The molecule has 3 N–H and O–H groups in total. The highest BCUT2D eigenvalue weighted by molar-refractivity contribution is 4.85. The second kappa shape index (κ2) is 4.15. The number of hydrogen-bond acceptors (Lipinski definition) is 5. The van der Waals surface area contributed by atoms with Crippen LogP contribution in [0, 0.1) is 0 Å². The highest BCUT2D eigenvalue weighted by atomic mass is 16.7. The summed E-state index contributed by atoms with van der Waals surface area (Å²) in [5.41, 5.74) is 0. The molecule has 0 saturated carbocycles. The van der Waals surface area contributed by atoms with Crippen molar-refractivity contribution in [2.24, 2.45) is 0 Å². The number of hydrogen-bond donors (Lipinski definition) is 3. The lowest BCUT2D eigenvalue weighted by atomic mass is 10.1. The van der Waals surface area contributed by atoms with Gasteiger partial charge in [0.25, 0.3) is 0 Å². The Morgan fingerprint density at radius 3 is 2.42 bits per heavy atom. The molecule has 1 aliphatic heterocycles. The average molecular weight is 178 g/mol. The van der Waals surface area contributed by atoms with Crippen molar-refractivity contribution < 1.29 is 24.8 Å². The molecule has 0 radical (unpaired) electrons. The van der Waals surface area contributed by atoms with E-state index in [1.54, 1.807) is 6.92 Å². The van der Waals surface area contributed by atoms with Crippen LogP contribution in [-0.2, 0) is 9.47 Å². The molecule has 72 valence electrons. The summed E-state index contributed by atoms with van der Waals surface area (Å²) in [7, 11) is 0. The van der Waals surface area contributed by atoms with Crippen molar-refractivity contribution in [3.63, 3.8) is 0 Å². The van der Waals surface area contributed by atoms with Gasteiger partial charge in [0.15, 0.2) is 6.29 Å². The number of aliphatic hydroxyl groups excluding tert-OH is 3. The molecule has 0 bridgehead atoms. The standard InChI is InChI=1S/C7H14O5/c1-2-11-7-6(10)5(9)4(3-8)12-7/h4-10H,2-3H2,1H3/t4-,5-,6+,7+/m1/s1. The first kappa shape index (κ1) is 9.88. The molecule has 0 unspecified atom stereocenters. The first-order chi connectivity index (χ1) is 5.70. The smallest absolute Gasteiger partial charge is 0.186 e. The summed E-state index contributed by atoms with van der Waals surface area (Å²) in [5.74, 6) is 0. The van der Waals surface area contributed by atoms with E-state index in [1.165, 1.54) is 0 Å². The van der Waals surface area contributed by atoms with Crippen LogP contribution in [0.3, 0.4) is 0 Å². The summed E-state index contributed by atoms with van der Waals surface area (Å²) in [4.78, 5) is 0. The van der Waals surface area contributed by atoms with E-state index in [-0.39, 0.29) is 6.61 Å². The zero-order valence-corrected chi connectivity index (χ0v) is 6.88. The van der Waals surface area contributed by atoms with E-state index >= 15 is 0 Å². The van der Waals surface area contributed by atoms with Crippen LogP contribution in [0.5, 0.6) is 0 Å². The van der Waals surface area contributed by atoms with Crippen molar-refractivity contribution >= 4 is 0 Å². The molecule has 1 saturated heterocycles. The molecule has 1 fully saturated rings. The first-order valence-electron chi connectivity index (χ1n) is 3.94. The molecule has 12 heavy (non-hydrogen) atoms. The van der Waals surface area contributed by atoms with Crippen molar-refractivity contribution in [3.8, 4) is 0 Å². The van der Waals surface area contributed by atoms with Gasteiger partial charge in [-0.1, -0.05) is 0 Å². The van der Waals surface area contributed by atoms with Gasteiger partial charge in [0.1, 0.15) is 18.3 Å². The normalized spacial score (nSPS) is 42.0. The van der Waals surface area contributed by atoms with Crippen LogP contribution in [0.25, 0.3) is 0 Å². The fraction of sp³-hybridized carbons (Fsp3) is 1.00. The van der Waals surface area contributed by atoms with Gasteiger partial charge in [0.05, 0.1) is 6.61 Å². The predicted molar refractivity (Wildman–Crippen MR) is 39.4 cm³/mol. The van der Waals surface area contributed by atoms with E-state index in [2.05, 4.69) is 0 Å². The summed E-state index contributed by atoms with van der Waals surface area (Å²) in [6.07, 6.45) is -3.69. The number of rotatable bonds is 3. The van der Waals surface area contributed by atoms with Crippen LogP contribution in [-0.4, -0.2) is 53.1 Å². The largest absolute Gasteiger partial charge is 0.394 e. The highest BCUT2D eigenvalue weighted by Crippen LogP contribution is 2.21. The molecule has 1 heterocycles. The van der Waals surface area contributed by atoms with Crippen molar-refractivity contribution in [3.05, 3.63) is 0 Å². The summed E-state index contributed by atoms with van der Waals surface area (Å²) < 4.78 is 9.98. The molecule has 0 amide bonds. The molecule has 1 rings (SSSR count). The Morgan fingerprint density at radius 1 is 1.33 bits per heavy atom. The van der Waals surface area contributed by atoms with Gasteiger partial charge in [-0.2, -0.15) is 0 Å². The summed E-state index contributed by atoms with van der Waals surface area (Å²) in [6, 6.07) is 0. The van der Waals surface area contributed by atoms with Crippen molar-refractivity contribution in [2.45, 2.75) is 31.5 Å². The summed E-state index contributed by atoms with van der Waals surface area (Å²) in [6.45, 7) is 1.84. The number of aliphatic hydroxyl groups is 3. The van der Waals surface area contributed by atoms with Crippen LogP contribution in [0.1, 0.15) is 6.92 Å². The van der Waals surface area contributed by atoms with Crippen LogP contribution in [0.15, 0.2) is 0 Å². The van der Waals surface area contributed by atoms with Gasteiger partial charge in [0, 0.05) is 6.61 Å². The van der Waals surface area contributed by atoms with Gasteiger partial charge in [-0.05, 0) is 6.92 Å². The third kappa shape index (κ3) is 1.75. The highest BCUT2D eigenvalue weighted by Gasteiger charge is 2.42. The minimum absolute atomic E-state index is 0.318. The lowest BCUT2D eigenvalue weighted by molar-refractivity contribution is -0.166. The van der Waals surface area contributed by atoms with Gasteiger partial charge >= 0.3 is 0 Å². The maximum Gasteiger partial charge on any atom is 0.186 e. The Balaban J connectivity index is 2.48. The fourth-order valence-corrected chi connectivity index (χ4v) is 1.17. The lowest BCUT2D eigenvalue weighted by Crippen LogP contribution is -2.34. The van der Waals surface area contributed by atoms with E-state index in [1.807, 2.05) is 0 Å². The number of ether oxygens (including phenoxy) is 2. The quantitative estimate of drug-likeness (QED) is 0.488. The third-order valence-corrected chi connectivity index (χ3v) is 1.83. The Morgan fingerprint density at radius 2 is 2.00 bits per heavy atom. The molecule has 5 heteroatoms. The molecule has 0 aromatic rings. The molecule has 0 spiro atoms. The first-order valence-corrected chi connectivity index (χ1v) is 3.94. The molecule has 0 aromatic carbocycles. The monoisotopic (exact) mass is 178 g/mol. The molecular weight excluding hydrogens is 164 g/mol. The lowest BCUT2D eigenvalue weighted by Gasteiger charge is -2.13. The molecule has 0 aromatic heterocycles. The average Bonchev–Trinajstić information content (AvgIpc) is 2.33. The van der Waals surface area contributed by atoms with Crippen molar-refractivity contribution in [1.82, 2.24) is 0 Å². The van der Waals surface area contributed by atoms with E-state index in [4.69, 9.17) is 14.6 Å². The second-order valence-corrected chi connectivity index (χ2v) is 2.66. The van der Waals surface area contributed by atoms with Crippen molar-refractivity contribution in [1.29, 1.82) is 0 Å². The molecule has 0 aliphatic carbocycles. The minimum Gasteiger partial charge on any atom is -0.394 e. The Bertz CT molecular complexity index is 140. The van der Waals surface area contributed by atoms with E-state index in [0.717, 1.165) is 0 Å². The Kier molecular flexibility index (Phi) is 3.42. The second-order valence-electron chi connectivity index (χ2n) is 2.66. The molecule has 5 nitrogen and oxygen atoms in total. The third-order valence-electron chi connectivity index (χ3n) is 1.83. The maximum atomic E-state index is 9.28. The maximum absolute atomic E-state index is 9.28. The van der Waals surface area contributed by atoms with Crippen LogP contribution < -0.4 is 0 Å². The Hall–Kier alpha value is -0.200. The van der Waals surface area contributed by atoms with Gasteiger partial charge in [-0.3, -0.25) is 0 Å². The van der Waals surface area contributed by atoms with Gasteiger partial charge in [-0.25, -0.2) is 0 Å². The summed E-state index contributed by atoms with van der Waals surface area (Å²) in [5, 5.41) is 27.2. The van der Waals surface area contributed by atoms with E-state index in [9.17, 15) is 10.2 Å². The van der Waals surface area contributed by atoms with Gasteiger partial charge in [-0.15, -0.1) is 0 Å². The van der Waals surface area contributed by atoms with E-state index < -0.39 is 24.6 Å². The van der Waals surface area contributed by atoms with Gasteiger partial charge in [0.2, 0.25) is 0 Å². The van der Waals surface area contributed by atoms with Crippen LogP contribution in [0.4, 0.5) is 0 Å². The van der Waals surface area contributed by atoms with Gasteiger partial charge < -0.3 is 24.8 Å².